The second-order valence-corrected chi connectivity index (χ2v) is 19.4. The lowest BCUT2D eigenvalue weighted by atomic mass is 10.0. The summed E-state index contributed by atoms with van der Waals surface area (Å²) in [6.45, 7) is 8.44. The molecule has 0 aliphatic carbocycles. The fraction of sp³-hybridized carbons (Fsp3) is 0.692. The number of ether oxygens (including phenoxy) is 2. The number of aliphatic hydroxyl groups is 1. The number of hydrogen-bond acceptors (Lipinski definition) is 9. The van der Waals surface area contributed by atoms with Crippen LogP contribution in [0.5, 0.6) is 0 Å². The summed E-state index contributed by atoms with van der Waals surface area (Å²) in [5.74, 6) is 1.45. The molecule has 64 heavy (non-hydrogen) atoms. The number of aryl methyl sites for hydroxylation is 2. The summed E-state index contributed by atoms with van der Waals surface area (Å²) < 4.78 is 40.6. The van der Waals surface area contributed by atoms with E-state index in [0.29, 0.717) is 36.7 Å². The van der Waals surface area contributed by atoms with Gasteiger partial charge in [0, 0.05) is 25.7 Å². The molecule has 0 saturated carbocycles. The van der Waals surface area contributed by atoms with E-state index >= 15 is 0 Å². The maximum Gasteiger partial charge on any atom is 0.472 e. The molecule has 0 saturated heterocycles. The molecule has 2 unspecified atom stereocenters. The number of likely N-dealkylation sites (N-methyl/N-ethyl adjacent to an activating group) is 1. The minimum atomic E-state index is -4.41. The lowest BCUT2D eigenvalue weighted by Gasteiger charge is -2.24. The van der Waals surface area contributed by atoms with Gasteiger partial charge in [0.2, 0.25) is 0 Å². The number of rotatable bonds is 40. The second-order valence-electron chi connectivity index (χ2n) is 17.9. The third kappa shape index (κ3) is 33.4. The van der Waals surface area contributed by atoms with E-state index in [9.17, 15) is 24.2 Å². The maximum absolute atomic E-state index is 12.8. The van der Waals surface area contributed by atoms with Gasteiger partial charge in [0.1, 0.15) is 31.3 Å². The highest BCUT2D eigenvalue weighted by Gasteiger charge is 2.27. The number of phosphoric ester groups is 1. The van der Waals surface area contributed by atoms with E-state index in [0.717, 1.165) is 51.4 Å². The summed E-state index contributed by atoms with van der Waals surface area (Å²) in [4.78, 5) is 35.6. The molecule has 0 aromatic carbocycles. The van der Waals surface area contributed by atoms with Crippen molar-refractivity contribution in [3.63, 3.8) is 0 Å². The summed E-state index contributed by atoms with van der Waals surface area (Å²) in [5.41, 5.74) is 2.68. The van der Waals surface area contributed by atoms with Gasteiger partial charge in [-0.2, -0.15) is 0 Å². The van der Waals surface area contributed by atoms with Crippen LogP contribution in [0.1, 0.15) is 171 Å². The van der Waals surface area contributed by atoms with Gasteiger partial charge in [0.25, 0.3) is 0 Å². The lowest BCUT2D eigenvalue weighted by molar-refractivity contribution is -0.870. The Morgan fingerprint density at radius 3 is 1.88 bits per heavy atom. The van der Waals surface area contributed by atoms with Crippen molar-refractivity contribution >= 4 is 19.8 Å². The number of hydrogen-bond donors (Lipinski definition) is 2. The van der Waals surface area contributed by atoms with E-state index in [1.54, 1.807) is 0 Å². The first kappa shape index (κ1) is 59.0. The summed E-state index contributed by atoms with van der Waals surface area (Å²) in [6.07, 6.45) is 40.1. The summed E-state index contributed by atoms with van der Waals surface area (Å²) >= 11 is 0. The number of furan rings is 1. The molecule has 12 heteroatoms. The molecule has 0 bridgehead atoms. The third-order valence-corrected chi connectivity index (χ3v) is 11.8. The van der Waals surface area contributed by atoms with Crippen molar-refractivity contribution in [3.05, 3.63) is 83.4 Å². The smallest absolute Gasteiger partial charge is 0.466 e. The number of aliphatic hydroxyl groups excluding tert-OH is 1. The van der Waals surface area contributed by atoms with Gasteiger partial charge in [0.15, 0.2) is 6.10 Å². The zero-order valence-electron chi connectivity index (χ0n) is 41.1. The van der Waals surface area contributed by atoms with Gasteiger partial charge in [-0.25, -0.2) is 4.57 Å². The van der Waals surface area contributed by atoms with Gasteiger partial charge in [0.05, 0.1) is 33.9 Å². The van der Waals surface area contributed by atoms with Crippen LogP contribution in [-0.4, -0.2) is 86.1 Å². The van der Waals surface area contributed by atoms with Crippen LogP contribution in [-0.2, 0) is 45.5 Å². The Morgan fingerprint density at radius 2 is 1.25 bits per heavy atom. The Labute approximate surface area is 388 Å². The first-order chi connectivity index (χ1) is 30.7. The van der Waals surface area contributed by atoms with Crippen LogP contribution >= 0.6 is 7.82 Å². The molecule has 366 valence electrons. The van der Waals surface area contributed by atoms with Gasteiger partial charge in [-0.05, 0) is 82.8 Å². The van der Waals surface area contributed by atoms with Crippen molar-refractivity contribution < 1.29 is 51.6 Å². The minimum Gasteiger partial charge on any atom is -0.466 e. The largest absolute Gasteiger partial charge is 0.472 e. The molecule has 3 atom stereocenters. The van der Waals surface area contributed by atoms with Crippen LogP contribution in [0, 0.1) is 13.8 Å². The number of allylic oxidation sites excluding steroid dienone is 8. The molecule has 0 radical (unpaired) electrons. The fourth-order valence-corrected chi connectivity index (χ4v) is 7.46. The highest BCUT2D eigenvalue weighted by Crippen LogP contribution is 2.43. The molecule has 1 aromatic rings. The first-order valence-corrected chi connectivity index (χ1v) is 26.0. The van der Waals surface area contributed by atoms with Crippen LogP contribution in [0.25, 0.3) is 0 Å². The van der Waals surface area contributed by atoms with Crippen LogP contribution in [0.15, 0.2) is 65.2 Å². The van der Waals surface area contributed by atoms with E-state index in [4.69, 9.17) is 22.9 Å². The summed E-state index contributed by atoms with van der Waals surface area (Å²) in [5, 5.41) is 9.79. The minimum absolute atomic E-state index is 0.00739. The number of carbonyl (C=O) groups excluding carboxylic acids is 2. The van der Waals surface area contributed by atoms with Crippen LogP contribution in [0.4, 0.5) is 0 Å². The molecular weight excluding hydrogens is 830 g/mol. The fourth-order valence-electron chi connectivity index (χ4n) is 6.72. The first-order valence-electron chi connectivity index (χ1n) is 24.5. The molecule has 0 aliphatic heterocycles. The SMILES string of the molecule is CC/C=C\C(O)C/C=C/C=C\C/C=C\C/C=C\CCCC(=O)OC[C@H](COP(=O)(O)OCC[N+](C)(C)C)OC(=O)CCCCCCCCCCCCc1oc(CCCCC)c(C)c1C. The van der Waals surface area contributed by atoms with Crippen LogP contribution in [0.2, 0.25) is 0 Å². The average Bonchev–Trinajstić information content (AvgIpc) is 3.51. The van der Waals surface area contributed by atoms with Gasteiger partial charge >= 0.3 is 19.8 Å². The highest BCUT2D eigenvalue weighted by molar-refractivity contribution is 7.47. The number of quaternary nitrogens is 1. The van der Waals surface area contributed by atoms with Gasteiger partial charge in [-0.15, -0.1) is 0 Å². The Balaban J connectivity index is 2.36. The monoisotopic (exact) mass is 919 g/mol. The number of unbranched alkanes of at least 4 members (excludes halogenated alkanes) is 12. The van der Waals surface area contributed by atoms with Crippen LogP contribution in [0.3, 0.4) is 0 Å². The van der Waals surface area contributed by atoms with Crippen molar-refractivity contribution in [2.75, 3.05) is 47.5 Å². The average molecular weight is 919 g/mol. The van der Waals surface area contributed by atoms with E-state index in [1.165, 1.54) is 80.4 Å². The Kier molecular flexibility index (Phi) is 34.2. The van der Waals surface area contributed by atoms with Crippen LogP contribution < -0.4 is 0 Å². The van der Waals surface area contributed by atoms with Crippen molar-refractivity contribution in [2.45, 2.75) is 188 Å². The molecular formula is C52H89NO10P+. The number of carbonyl (C=O) groups is 2. The number of nitrogens with zero attached hydrogens (tertiary/aromatic N) is 1. The Morgan fingerprint density at radius 1 is 0.688 bits per heavy atom. The predicted molar refractivity (Wildman–Crippen MR) is 261 cm³/mol. The van der Waals surface area contributed by atoms with Gasteiger partial charge < -0.3 is 28.4 Å². The summed E-state index contributed by atoms with van der Waals surface area (Å²) in [7, 11) is 1.40. The standard InChI is InChI=1S/C52H88NO10P/c1-8-10-30-37-49-45(3)46(4)50(63-49)38-32-27-23-19-16-17-21-25-29-34-40-52(56)62-48(44-61-64(57,58)60-42-41-53(5,6)7)43-59-51(55)39-33-28-24-20-15-13-12-14-18-22-26-31-36-47(54)35-11-9-2/h11-13,18,20,22,24,26,31,35,47-48,54H,8-10,14-17,19,21,23,25,27-30,32-34,36-44H2,1-7H3/p+1/b13-12-,22-18-,24-20-,31-26+,35-11-/t47?,48-/m1/s1. The van der Waals surface area contributed by atoms with Gasteiger partial charge in [-0.3, -0.25) is 18.6 Å². The molecule has 11 nitrogen and oxygen atoms in total. The van der Waals surface area contributed by atoms with Crippen molar-refractivity contribution in [1.82, 2.24) is 0 Å². The topological polar surface area (TPSA) is 142 Å². The summed E-state index contributed by atoms with van der Waals surface area (Å²) in [6, 6.07) is 0. The molecule has 0 amide bonds. The molecule has 1 rings (SSSR count). The Bertz CT molecular complexity index is 1570. The predicted octanol–water partition coefficient (Wildman–Crippen LogP) is 12.7. The van der Waals surface area contributed by atoms with Crippen molar-refractivity contribution in [1.29, 1.82) is 0 Å². The van der Waals surface area contributed by atoms with Crippen molar-refractivity contribution in [3.8, 4) is 0 Å². The number of esters is 2. The van der Waals surface area contributed by atoms with E-state index < -0.39 is 38.6 Å². The van der Waals surface area contributed by atoms with Gasteiger partial charge in [-0.1, -0.05) is 139 Å². The second kappa shape index (κ2) is 37.1. The quantitative estimate of drug-likeness (QED) is 0.0163. The van der Waals surface area contributed by atoms with E-state index in [1.807, 2.05) is 64.5 Å². The maximum atomic E-state index is 12.8. The molecule has 0 spiro atoms. The third-order valence-electron chi connectivity index (χ3n) is 10.8. The number of phosphoric acid groups is 1. The van der Waals surface area contributed by atoms with Crippen molar-refractivity contribution in [2.24, 2.45) is 0 Å². The molecule has 1 heterocycles. The zero-order chi connectivity index (χ0) is 47.3. The lowest BCUT2D eigenvalue weighted by Crippen LogP contribution is -2.37. The molecule has 0 aliphatic rings. The molecule has 0 fully saturated rings. The van der Waals surface area contributed by atoms with E-state index in [2.05, 4.69) is 45.1 Å². The Hall–Kier alpha value is -3.05. The highest BCUT2D eigenvalue weighted by atomic mass is 31.2. The normalized spacial score (nSPS) is 14.5. The zero-order valence-corrected chi connectivity index (χ0v) is 42.0. The molecule has 2 N–H and O–H groups in total. The van der Waals surface area contributed by atoms with E-state index in [-0.39, 0.29) is 26.1 Å². The molecule has 1 aromatic heterocycles.